The van der Waals surface area contributed by atoms with Gasteiger partial charge in [0.1, 0.15) is 12.8 Å². The molecule has 0 aromatic carbocycles. The molecule has 17 heavy (non-hydrogen) atoms. The number of nitrogens with one attached hydrogen (secondary N) is 1. The van der Waals surface area contributed by atoms with Crippen molar-refractivity contribution in [3.8, 4) is 0 Å². The van der Waals surface area contributed by atoms with Crippen molar-refractivity contribution in [1.82, 2.24) is 14.5 Å². The molecule has 1 N–H and O–H groups in total. The molecule has 0 radical (unpaired) electrons. The Morgan fingerprint density at radius 2 is 2.29 bits per heavy atom. The van der Waals surface area contributed by atoms with Crippen molar-refractivity contribution in [3.05, 3.63) is 24.1 Å². The first-order chi connectivity index (χ1) is 8.10. The summed E-state index contributed by atoms with van der Waals surface area (Å²) in [6.07, 6.45) is 4.74. The lowest BCUT2D eigenvalue weighted by Crippen LogP contribution is -2.25. The van der Waals surface area contributed by atoms with E-state index in [1.165, 1.54) is 7.11 Å². The molecule has 0 atom stereocenters. The third-order valence-electron chi connectivity index (χ3n) is 3.21. The molecule has 5 heteroatoms. The third-order valence-corrected chi connectivity index (χ3v) is 3.21. The van der Waals surface area contributed by atoms with Crippen LogP contribution >= 0.6 is 0 Å². The molecule has 0 aliphatic carbocycles. The quantitative estimate of drug-likeness (QED) is 0.825. The van der Waals surface area contributed by atoms with Crippen LogP contribution in [0.25, 0.3) is 11.0 Å². The molecule has 0 saturated heterocycles. The predicted octanol–water partition coefficient (Wildman–Crippen LogP) is 1.97. The fourth-order valence-electron chi connectivity index (χ4n) is 1.82. The van der Waals surface area contributed by atoms with Gasteiger partial charge >= 0.3 is 0 Å². The second-order valence-electron chi connectivity index (χ2n) is 4.61. The molecule has 0 bridgehead atoms. The molecule has 2 rings (SSSR count). The monoisotopic (exact) mass is 234 g/mol. The maximum Gasteiger partial charge on any atom is 0.203 e. The van der Waals surface area contributed by atoms with Gasteiger partial charge in [-0.3, -0.25) is 0 Å². The van der Waals surface area contributed by atoms with Gasteiger partial charge in [0.15, 0.2) is 0 Å². The summed E-state index contributed by atoms with van der Waals surface area (Å²) in [6, 6.07) is 2.01. The number of hydrogen-bond acceptors (Lipinski definition) is 3. The third kappa shape index (κ3) is 1.92. The summed E-state index contributed by atoms with van der Waals surface area (Å²) in [7, 11) is 1.53. The molecule has 2 heterocycles. The fourth-order valence-corrected chi connectivity index (χ4v) is 1.82. The molecule has 2 aromatic rings. The maximum absolute atomic E-state index is 4.80. The van der Waals surface area contributed by atoms with Gasteiger partial charge in [-0.1, -0.05) is 12.1 Å². The molecule has 5 nitrogen and oxygen atoms in total. The van der Waals surface area contributed by atoms with Crippen LogP contribution in [0.2, 0.25) is 0 Å². The minimum Gasteiger partial charge on any atom is -0.397 e. The van der Waals surface area contributed by atoms with Crippen molar-refractivity contribution >= 4 is 11.0 Å². The van der Waals surface area contributed by atoms with E-state index in [2.05, 4.69) is 46.7 Å². The largest absolute Gasteiger partial charge is 0.397 e. The van der Waals surface area contributed by atoms with E-state index < -0.39 is 0 Å². The summed E-state index contributed by atoms with van der Waals surface area (Å²) in [5.41, 5.74) is 1.68. The van der Waals surface area contributed by atoms with Gasteiger partial charge in [0.2, 0.25) is 5.49 Å². The summed E-state index contributed by atoms with van der Waals surface area (Å²) in [5, 5.41) is 4.88. The number of aromatic nitrogens is 3. The SMILES string of the molecule is CCC(C)(C)n1ccc2/c(=N/OC)nc[nH]c21. The summed E-state index contributed by atoms with van der Waals surface area (Å²) in [6.45, 7) is 6.58. The topological polar surface area (TPSA) is 55.2 Å². The van der Waals surface area contributed by atoms with Gasteiger partial charge in [0.25, 0.3) is 0 Å². The lowest BCUT2D eigenvalue weighted by Gasteiger charge is -2.26. The van der Waals surface area contributed by atoms with Gasteiger partial charge in [-0.05, 0) is 26.3 Å². The minimum absolute atomic E-state index is 0.0595. The summed E-state index contributed by atoms with van der Waals surface area (Å²) in [4.78, 5) is 12.1. The standard InChI is InChI=1S/C12H18N4O/c1-5-12(2,3)16-7-6-9-10(15-17-4)13-8-14-11(9)16/h6-8H,5H2,1-4H3,(H,13,14,15). The first-order valence-corrected chi connectivity index (χ1v) is 5.72. The number of aromatic amines is 1. The molecule has 0 saturated carbocycles. The van der Waals surface area contributed by atoms with E-state index in [0.29, 0.717) is 5.49 Å². The average molecular weight is 234 g/mol. The Hall–Kier alpha value is -1.78. The second kappa shape index (κ2) is 4.24. The number of rotatable bonds is 3. The first-order valence-electron chi connectivity index (χ1n) is 5.72. The van der Waals surface area contributed by atoms with Gasteiger partial charge in [-0.2, -0.15) is 0 Å². The average Bonchev–Trinajstić information content (AvgIpc) is 2.75. The molecule has 0 spiro atoms. The molecule has 0 aliphatic heterocycles. The van der Waals surface area contributed by atoms with Crippen LogP contribution in [0.15, 0.2) is 23.7 Å². The highest BCUT2D eigenvalue weighted by atomic mass is 16.6. The normalized spacial score (nSPS) is 13.3. The first kappa shape index (κ1) is 11.7. The Bertz CT molecular complexity index is 579. The van der Waals surface area contributed by atoms with Crippen LogP contribution in [0, 0.1) is 0 Å². The second-order valence-corrected chi connectivity index (χ2v) is 4.61. The van der Waals surface area contributed by atoms with E-state index in [9.17, 15) is 0 Å². The molecule has 0 amide bonds. The Kier molecular flexibility index (Phi) is 2.92. The van der Waals surface area contributed by atoms with Crippen LogP contribution in [0.1, 0.15) is 27.2 Å². The molecule has 0 unspecified atom stereocenters. The zero-order chi connectivity index (χ0) is 12.5. The van der Waals surface area contributed by atoms with Crippen molar-refractivity contribution in [2.24, 2.45) is 5.16 Å². The van der Waals surface area contributed by atoms with Crippen LogP contribution in [-0.2, 0) is 10.4 Å². The Morgan fingerprint density at radius 1 is 1.53 bits per heavy atom. The van der Waals surface area contributed by atoms with Crippen LogP contribution in [-0.4, -0.2) is 21.6 Å². The van der Waals surface area contributed by atoms with Gasteiger partial charge in [-0.15, -0.1) is 0 Å². The highest BCUT2D eigenvalue weighted by Gasteiger charge is 2.19. The summed E-state index contributed by atoms with van der Waals surface area (Å²) >= 11 is 0. The fraction of sp³-hybridized carbons (Fsp3) is 0.500. The number of H-pyrrole nitrogens is 1. The van der Waals surface area contributed by atoms with E-state index in [4.69, 9.17) is 4.84 Å². The zero-order valence-corrected chi connectivity index (χ0v) is 10.7. The van der Waals surface area contributed by atoms with Crippen LogP contribution in [0.5, 0.6) is 0 Å². The molecule has 92 valence electrons. The highest BCUT2D eigenvalue weighted by molar-refractivity contribution is 5.74. The van der Waals surface area contributed by atoms with E-state index >= 15 is 0 Å². The van der Waals surface area contributed by atoms with Crippen LogP contribution in [0.4, 0.5) is 0 Å². The molecular formula is C12H18N4O. The Balaban J connectivity index is 2.71. The Morgan fingerprint density at radius 3 is 2.94 bits per heavy atom. The van der Waals surface area contributed by atoms with Gasteiger partial charge in [-0.25, -0.2) is 4.98 Å². The van der Waals surface area contributed by atoms with Gasteiger partial charge in [0, 0.05) is 11.7 Å². The Labute approximate surface area is 100 Å². The van der Waals surface area contributed by atoms with Crippen LogP contribution < -0.4 is 5.49 Å². The van der Waals surface area contributed by atoms with Crippen LogP contribution in [0.3, 0.4) is 0 Å². The van der Waals surface area contributed by atoms with Crippen molar-refractivity contribution in [3.63, 3.8) is 0 Å². The summed E-state index contributed by atoms with van der Waals surface area (Å²) in [5.74, 6) is 0. The number of hydrogen-bond donors (Lipinski definition) is 1. The van der Waals surface area contributed by atoms with Gasteiger partial charge < -0.3 is 14.4 Å². The molecule has 0 aliphatic rings. The molecule has 0 fully saturated rings. The van der Waals surface area contributed by atoms with Crippen molar-refractivity contribution < 1.29 is 4.84 Å². The molecule has 2 aromatic heterocycles. The number of nitrogens with zero attached hydrogens (tertiary/aromatic N) is 3. The highest BCUT2D eigenvalue weighted by Crippen LogP contribution is 2.23. The van der Waals surface area contributed by atoms with E-state index in [-0.39, 0.29) is 5.54 Å². The smallest absolute Gasteiger partial charge is 0.203 e. The predicted molar refractivity (Wildman–Crippen MR) is 66.3 cm³/mol. The lowest BCUT2D eigenvalue weighted by molar-refractivity contribution is 0.199. The lowest BCUT2D eigenvalue weighted by atomic mass is 10.0. The number of fused-ring (bicyclic) bond motifs is 1. The minimum atomic E-state index is 0.0595. The summed E-state index contributed by atoms with van der Waals surface area (Å²) < 4.78 is 2.21. The van der Waals surface area contributed by atoms with E-state index in [1.54, 1.807) is 6.33 Å². The zero-order valence-electron chi connectivity index (χ0n) is 10.7. The van der Waals surface area contributed by atoms with Crippen molar-refractivity contribution in [2.75, 3.05) is 7.11 Å². The maximum atomic E-state index is 4.80. The van der Waals surface area contributed by atoms with E-state index in [1.807, 2.05) is 6.07 Å². The van der Waals surface area contributed by atoms with Gasteiger partial charge in [0.05, 0.1) is 11.7 Å². The van der Waals surface area contributed by atoms with Crippen molar-refractivity contribution in [2.45, 2.75) is 32.7 Å². The van der Waals surface area contributed by atoms with E-state index in [0.717, 1.165) is 17.5 Å². The van der Waals surface area contributed by atoms with Crippen molar-refractivity contribution in [1.29, 1.82) is 0 Å². The molecular weight excluding hydrogens is 216 g/mol.